The van der Waals surface area contributed by atoms with Gasteiger partial charge in [0.25, 0.3) is 5.56 Å². The fourth-order valence-electron chi connectivity index (χ4n) is 1.91. The molecule has 5 nitrogen and oxygen atoms in total. The molecular formula is C11H10F3N3O2. The molecule has 8 heteroatoms. The average Bonchev–Trinajstić information content (AvgIpc) is 2.31. The Morgan fingerprint density at radius 3 is 2.26 bits per heavy atom. The van der Waals surface area contributed by atoms with Crippen LogP contribution in [0.2, 0.25) is 0 Å². The summed E-state index contributed by atoms with van der Waals surface area (Å²) in [4.78, 5) is 27.0. The zero-order chi connectivity index (χ0) is 14.5. The zero-order valence-electron chi connectivity index (χ0n) is 10.4. The largest absolute Gasteiger partial charge is 0.433 e. The lowest BCUT2D eigenvalue weighted by Crippen LogP contribution is -2.37. The number of aryl methyl sites for hydroxylation is 2. The summed E-state index contributed by atoms with van der Waals surface area (Å²) in [6.45, 7) is 1.31. The standard InChI is InChI=1S/C11H10F3N3O2/c1-5-8-6(4-7(15-5)11(12,13)14)16(2)10(19)17(3)9(8)18/h4H,1-3H3. The van der Waals surface area contributed by atoms with E-state index in [2.05, 4.69) is 4.98 Å². The molecule has 0 unspecified atom stereocenters. The maximum atomic E-state index is 12.7. The highest BCUT2D eigenvalue weighted by Crippen LogP contribution is 2.29. The maximum Gasteiger partial charge on any atom is 0.433 e. The molecular weight excluding hydrogens is 263 g/mol. The molecule has 0 aliphatic carbocycles. The first-order valence-electron chi connectivity index (χ1n) is 5.29. The molecule has 0 aliphatic heterocycles. The SMILES string of the molecule is Cc1nc(C(F)(F)F)cc2c1c(=O)n(C)c(=O)n2C. The first-order chi connectivity index (χ1) is 8.64. The average molecular weight is 273 g/mol. The minimum absolute atomic E-state index is 0.0117. The molecule has 0 bridgehead atoms. The first kappa shape index (κ1) is 13.3. The van der Waals surface area contributed by atoms with Crippen LogP contribution < -0.4 is 11.2 Å². The number of fused-ring (bicyclic) bond motifs is 1. The Bertz CT molecular complexity index is 787. The number of rotatable bonds is 0. The number of halogens is 3. The molecule has 0 atom stereocenters. The first-order valence-corrected chi connectivity index (χ1v) is 5.29. The quantitative estimate of drug-likeness (QED) is 0.718. The van der Waals surface area contributed by atoms with Crippen molar-refractivity contribution in [2.24, 2.45) is 14.1 Å². The van der Waals surface area contributed by atoms with E-state index >= 15 is 0 Å². The van der Waals surface area contributed by atoms with Gasteiger partial charge in [0.2, 0.25) is 0 Å². The third kappa shape index (κ3) is 1.92. The van der Waals surface area contributed by atoms with Crippen molar-refractivity contribution in [3.8, 4) is 0 Å². The van der Waals surface area contributed by atoms with E-state index in [1.807, 2.05) is 0 Å². The number of hydrogen-bond acceptors (Lipinski definition) is 3. The van der Waals surface area contributed by atoms with Crippen molar-refractivity contribution in [1.29, 1.82) is 0 Å². The molecule has 2 heterocycles. The summed E-state index contributed by atoms with van der Waals surface area (Å²) < 4.78 is 39.9. The van der Waals surface area contributed by atoms with Gasteiger partial charge in [0.05, 0.1) is 16.6 Å². The van der Waals surface area contributed by atoms with Crippen LogP contribution >= 0.6 is 0 Å². The molecule has 2 aromatic rings. The van der Waals surface area contributed by atoms with E-state index in [0.29, 0.717) is 6.07 Å². The van der Waals surface area contributed by atoms with E-state index in [1.165, 1.54) is 21.0 Å². The summed E-state index contributed by atoms with van der Waals surface area (Å²) in [7, 11) is 2.57. The van der Waals surface area contributed by atoms with E-state index in [-0.39, 0.29) is 16.6 Å². The normalized spacial score (nSPS) is 12.1. The van der Waals surface area contributed by atoms with Gasteiger partial charge in [-0.1, -0.05) is 0 Å². The predicted octanol–water partition coefficient (Wildman–Crippen LogP) is 0.959. The Morgan fingerprint density at radius 2 is 1.74 bits per heavy atom. The second kappa shape index (κ2) is 3.94. The number of alkyl halides is 3. The molecule has 0 aromatic carbocycles. The van der Waals surface area contributed by atoms with E-state index in [9.17, 15) is 22.8 Å². The van der Waals surface area contributed by atoms with Crippen molar-refractivity contribution in [3.05, 3.63) is 38.3 Å². The van der Waals surface area contributed by atoms with Gasteiger partial charge in [0.1, 0.15) is 5.69 Å². The smallest absolute Gasteiger partial charge is 0.296 e. The van der Waals surface area contributed by atoms with Crippen molar-refractivity contribution in [1.82, 2.24) is 14.1 Å². The molecule has 0 fully saturated rings. The Kier molecular flexibility index (Phi) is 2.76. The summed E-state index contributed by atoms with van der Waals surface area (Å²) in [5, 5.41) is 0.0117. The third-order valence-corrected chi connectivity index (χ3v) is 2.92. The monoisotopic (exact) mass is 273 g/mol. The lowest BCUT2D eigenvalue weighted by Gasteiger charge is -2.12. The second-order valence-corrected chi connectivity index (χ2v) is 4.19. The summed E-state index contributed by atoms with van der Waals surface area (Å²) in [5.41, 5.74) is -2.59. The molecule has 2 rings (SSSR count). The topological polar surface area (TPSA) is 56.9 Å². The molecule has 2 aromatic heterocycles. The van der Waals surface area contributed by atoms with Gasteiger partial charge in [-0.25, -0.2) is 9.78 Å². The second-order valence-electron chi connectivity index (χ2n) is 4.19. The summed E-state index contributed by atoms with van der Waals surface area (Å²) in [6.07, 6.45) is -4.63. The highest BCUT2D eigenvalue weighted by Gasteiger charge is 2.33. The number of hydrogen-bond donors (Lipinski definition) is 0. The molecule has 102 valence electrons. The van der Waals surface area contributed by atoms with E-state index in [1.54, 1.807) is 0 Å². The summed E-state index contributed by atoms with van der Waals surface area (Å²) in [5.74, 6) is 0. The van der Waals surface area contributed by atoms with Crippen molar-refractivity contribution in [3.63, 3.8) is 0 Å². The Labute approximate surface area is 104 Å². The molecule has 0 radical (unpaired) electrons. The van der Waals surface area contributed by atoms with Crippen LogP contribution in [0, 0.1) is 6.92 Å². The Balaban J connectivity index is 3.07. The van der Waals surface area contributed by atoms with Crippen LogP contribution in [0.3, 0.4) is 0 Å². The van der Waals surface area contributed by atoms with Gasteiger partial charge in [-0.05, 0) is 13.0 Å². The van der Waals surface area contributed by atoms with Crippen LogP contribution in [0.4, 0.5) is 13.2 Å². The van der Waals surface area contributed by atoms with E-state index < -0.39 is 23.1 Å². The van der Waals surface area contributed by atoms with Gasteiger partial charge in [0.15, 0.2) is 0 Å². The molecule has 0 N–H and O–H groups in total. The molecule has 0 aliphatic rings. The number of nitrogens with zero attached hydrogens (tertiary/aromatic N) is 3. The van der Waals surface area contributed by atoms with Crippen LogP contribution in [0.25, 0.3) is 10.9 Å². The van der Waals surface area contributed by atoms with Crippen LogP contribution in [-0.4, -0.2) is 14.1 Å². The number of pyridine rings is 1. The van der Waals surface area contributed by atoms with E-state index in [0.717, 1.165) is 9.13 Å². The lowest BCUT2D eigenvalue weighted by atomic mass is 10.2. The fourth-order valence-corrected chi connectivity index (χ4v) is 1.91. The highest BCUT2D eigenvalue weighted by molar-refractivity contribution is 5.80. The summed E-state index contributed by atoms with van der Waals surface area (Å²) >= 11 is 0. The van der Waals surface area contributed by atoms with Gasteiger partial charge in [-0.2, -0.15) is 13.2 Å². The molecule has 19 heavy (non-hydrogen) atoms. The van der Waals surface area contributed by atoms with E-state index in [4.69, 9.17) is 0 Å². The van der Waals surface area contributed by atoms with Crippen molar-refractivity contribution in [2.45, 2.75) is 13.1 Å². The van der Waals surface area contributed by atoms with Gasteiger partial charge >= 0.3 is 11.9 Å². The number of aromatic nitrogens is 3. The Hall–Kier alpha value is -2.12. The minimum Gasteiger partial charge on any atom is -0.296 e. The van der Waals surface area contributed by atoms with Crippen LogP contribution in [0.1, 0.15) is 11.4 Å². The Morgan fingerprint density at radius 1 is 1.16 bits per heavy atom. The van der Waals surface area contributed by atoms with Gasteiger partial charge in [-0.3, -0.25) is 13.9 Å². The minimum atomic E-state index is -4.63. The zero-order valence-corrected chi connectivity index (χ0v) is 10.4. The van der Waals surface area contributed by atoms with Crippen molar-refractivity contribution < 1.29 is 13.2 Å². The van der Waals surface area contributed by atoms with Crippen molar-refractivity contribution >= 4 is 10.9 Å². The van der Waals surface area contributed by atoms with Crippen LogP contribution in [0.5, 0.6) is 0 Å². The fraction of sp³-hybridized carbons (Fsp3) is 0.364. The van der Waals surface area contributed by atoms with Gasteiger partial charge in [-0.15, -0.1) is 0 Å². The highest BCUT2D eigenvalue weighted by atomic mass is 19.4. The molecule has 0 spiro atoms. The molecule has 0 amide bonds. The predicted molar refractivity (Wildman–Crippen MR) is 62.0 cm³/mol. The van der Waals surface area contributed by atoms with Gasteiger partial charge < -0.3 is 0 Å². The van der Waals surface area contributed by atoms with Gasteiger partial charge in [0, 0.05) is 14.1 Å². The lowest BCUT2D eigenvalue weighted by molar-refractivity contribution is -0.141. The molecule has 0 saturated heterocycles. The summed E-state index contributed by atoms with van der Waals surface area (Å²) in [6, 6.07) is 0.713. The van der Waals surface area contributed by atoms with Crippen LogP contribution in [-0.2, 0) is 20.3 Å². The molecule has 0 saturated carbocycles. The maximum absolute atomic E-state index is 12.7. The van der Waals surface area contributed by atoms with Crippen molar-refractivity contribution in [2.75, 3.05) is 0 Å². The third-order valence-electron chi connectivity index (χ3n) is 2.92. The van der Waals surface area contributed by atoms with Crippen LogP contribution in [0.15, 0.2) is 15.7 Å².